The molecule has 68 valence electrons. The molecule has 0 spiro atoms. The molecule has 1 N–H and O–H groups in total. The van der Waals surface area contributed by atoms with Crippen molar-refractivity contribution in [3.8, 4) is 0 Å². The molecule has 0 rings (SSSR count). The van der Waals surface area contributed by atoms with Gasteiger partial charge in [-0.3, -0.25) is 0 Å². The molecule has 0 aliphatic rings. The third kappa shape index (κ3) is 10.9. The summed E-state index contributed by atoms with van der Waals surface area (Å²) in [6, 6.07) is 0. The zero-order valence-electron chi connectivity index (χ0n) is 6.86. The Morgan fingerprint density at radius 1 is 1.64 bits per heavy atom. The highest BCUT2D eigenvalue weighted by atomic mass is 32.9. The molecule has 0 aromatic heterocycles. The highest BCUT2D eigenvalue weighted by molar-refractivity contribution is 8.59. The first-order valence-corrected chi connectivity index (χ1v) is 7.44. The van der Waals surface area contributed by atoms with E-state index in [2.05, 4.69) is 37.9 Å². The Kier molecular flexibility index (Phi) is 6.01. The Hall–Kier alpha value is 0.920. The van der Waals surface area contributed by atoms with E-state index >= 15 is 0 Å². The molecular formula is C6H15O2PS2. The normalized spacial score (nSPS) is 16.8. The van der Waals surface area contributed by atoms with Crippen molar-refractivity contribution in [3.05, 3.63) is 0 Å². The van der Waals surface area contributed by atoms with Gasteiger partial charge in [0.25, 0.3) is 0 Å². The van der Waals surface area contributed by atoms with Crippen molar-refractivity contribution in [2.24, 2.45) is 5.92 Å². The SMILES string of the molecule is CC(C)CCCOP(O)(=S)S. The number of thiol groups is 1. The van der Waals surface area contributed by atoms with Crippen LogP contribution in [-0.4, -0.2) is 11.5 Å². The second-order valence-corrected chi connectivity index (χ2v) is 8.02. The van der Waals surface area contributed by atoms with E-state index in [0.29, 0.717) is 12.5 Å². The topological polar surface area (TPSA) is 29.5 Å². The summed E-state index contributed by atoms with van der Waals surface area (Å²) in [4.78, 5) is 8.95. The lowest BCUT2D eigenvalue weighted by Crippen LogP contribution is -1.93. The van der Waals surface area contributed by atoms with Crippen LogP contribution in [0.4, 0.5) is 0 Å². The van der Waals surface area contributed by atoms with Crippen molar-refractivity contribution in [1.29, 1.82) is 0 Å². The molecule has 0 amide bonds. The lowest BCUT2D eigenvalue weighted by molar-refractivity contribution is 0.301. The van der Waals surface area contributed by atoms with E-state index in [0.717, 1.165) is 12.8 Å². The third-order valence-corrected chi connectivity index (χ3v) is 2.37. The summed E-state index contributed by atoms with van der Waals surface area (Å²) in [5, 5.41) is 0. The molecule has 0 fully saturated rings. The smallest absolute Gasteiger partial charge is 0.241 e. The molecule has 0 aromatic rings. The van der Waals surface area contributed by atoms with Gasteiger partial charge in [-0.2, -0.15) is 0 Å². The van der Waals surface area contributed by atoms with Crippen molar-refractivity contribution in [3.63, 3.8) is 0 Å². The highest BCUT2D eigenvalue weighted by Gasteiger charge is 2.04. The Morgan fingerprint density at radius 2 is 2.18 bits per heavy atom. The van der Waals surface area contributed by atoms with Gasteiger partial charge in [-0.1, -0.05) is 26.1 Å². The van der Waals surface area contributed by atoms with Gasteiger partial charge >= 0.3 is 0 Å². The maximum absolute atomic E-state index is 8.95. The number of hydrogen-bond acceptors (Lipinski definition) is 2. The third-order valence-electron chi connectivity index (χ3n) is 1.19. The Bertz CT molecular complexity index is 144. The fraction of sp³-hybridized carbons (Fsp3) is 1.00. The monoisotopic (exact) mass is 214 g/mol. The summed E-state index contributed by atoms with van der Waals surface area (Å²) in [5.41, 5.74) is -2.70. The van der Waals surface area contributed by atoms with Crippen molar-refractivity contribution in [2.75, 3.05) is 6.61 Å². The minimum absolute atomic E-state index is 0.523. The minimum atomic E-state index is -2.70. The molecule has 1 atom stereocenters. The average molecular weight is 214 g/mol. The van der Waals surface area contributed by atoms with Crippen LogP contribution in [0.5, 0.6) is 0 Å². The lowest BCUT2D eigenvalue weighted by Gasteiger charge is -2.09. The minimum Gasteiger partial charge on any atom is -0.338 e. The fourth-order valence-electron chi connectivity index (χ4n) is 0.675. The van der Waals surface area contributed by atoms with E-state index in [1.807, 2.05) is 0 Å². The molecule has 0 radical (unpaired) electrons. The molecule has 0 saturated heterocycles. The van der Waals surface area contributed by atoms with Crippen LogP contribution in [-0.2, 0) is 16.3 Å². The second kappa shape index (κ2) is 5.55. The maximum atomic E-state index is 8.95. The van der Waals surface area contributed by atoms with Crippen molar-refractivity contribution in [2.45, 2.75) is 26.7 Å². The van der Waals surface area contributed by atoms with E-state index in [9.17, 15) is 0 Å². The van der Waals surface area contributed by atoms with Gasteiger partial charge in [-0.15, -0.1) is 0 Å². The molecule has 2 nitrogen and oxygen atoms in total. The van der Waals surface area contributed by atoms with Gasteiger partial charge in [0.1, 0.15) is 0 Å². The van der Waals surface area contributed by atoms with Gasteiger partial charge in [0.15, 0.2) is 0 Å². The van der Waals surface area contributed by atoms with E-state index in [1.165, 1.54) is 0 Å². The Morgan fingerprint density at radius 3 is 2.55 bits per heavy atom. The molecule has 0 saturated carbocycles. The van der Waals surface area contributed by atoms with Crippen LogP contribution in [0.3, 0.4) is 0 Å². The van der Waals surface area contributed by atoms with Crippen molar-refractivity contribution in [1.82, 2.24) is 0 Å². The average Bonchev–Trinajstić information content (AvgIpc) is 1.78. The first-order valence-electron chi connectivity index (χ1n) is 3.62. The van der Waals surface area contributed by atoms with Gasteiger partial charge in [0.05, 0.1) is 6.61 Å². The van der Waals surface area contributed by atoms with Crippen LogP contribution in [0.2, 0.25) is 0 Å². The van der Waals surface area contributed by atoms with Crippen LogP contribution < -0.4 is 0 Å². The number of hydrogen-bond donors (Lipinski definition) is 2. The zero-order valence-corrected chi connectivity index (χ0v) is 9.46. The van der Waals surface area contributed by atoms with Crippen molar-refractivity contribution < 1.29 is 9.42 Å². The van der Waals surface area contributed by atoms with Gasteiger partial charge < -0.3 is 9.42 Å². The summed E-state index contributed by atoms with van der Waals surface area (Å²) in [6.07, 6.45) is 2.04. The van der Waals surface area contributed by atoms with Crippen LogP contribution in [0.15, 0.2) is 0 Å². The van der Waals surface area contributed by atoms with E-state index in [1.54, 1.807) is 0 Å². The molecule has 5 heteroatoms. The summed E-state index contributed by atoms with van der Waals surface area (Å²) in [7, 11) is 0. The maximum Gasteiger partial charge on any atom is 0.241 e. The van der Waals surface area contributed by atoms with Crippen LogP contribution >= 0.6 is 17.9 Å². The molecule has 0 heterocycles. The molecule has 0 bridgehead atoms. The Labute approximate surface area is 78.7 Å². The summed E-state index contributed by atoms with van der Waals surface area (Å²) in [6.45, 7) is 4.82. The Balaban J connectivity index is 3.22. The number of rotatable bonds is 5. The molecular weight excluding hydrogens is 199 g/mol. The summed E-state index contributed by atoms with van der Waals surface area (Å²) < 4.78 is 4.93. The van der Waals surface area contributed by atoms with Crippen LogP contribution in [0.25, 0.3) is 0 Å². The summed E-state index contributed by atoms with van der Waals surface area (Å²) >= 11 is 8.31. The largest absolute Gasteiger partial charge is 0.338 e. The standard InChI is InChI=1S/C6H15O2PS2/c1-6(2)4-3-5-8-9(7,10)11/h6H,3-5H2,1-2H3,(H2,7,10,11). The van der Waals surface area contributed by atoms with E-state index in [-0.39, 0.29) is 0 Å². The molecule has 0 aromatic carbocycles. The quantitative estimate of drug-likeness (QED) is 0.419. The first-order chi connectivity index (χ1) is 4.92. The highest BCUT2D eigenvalue weighted by Crippen LogP contribution is 2.47. The zero-order chi connectivity index (χ0) is 8.91. The fourth-order valence-corrected chi connectivity index (χ4v) is 1.51. The summed E-state index contributed by atoms with van der Waals surface area (Å²) in [5.74, 6) is 0.676. The molecule has 0 aliphatic heterocycles. The molecule has 11 heavy (non-hydrogen) atoms. The second-order valence-electron chi connectivity index (χ2n) is 2.86. The van der Waals surface area contributed by atoms with Gasteiger partial charge in [0, 0.05) is 0 Å². The van der Waals surface area contributed by atoms with Gasteiger partial charge in [0.2, 0.25) is 5.69 Å². The van der Waals surface area contributed by atoms with E-state index in [4.69, 9.17) is 9.42 Å². The van der Waals surface area contributed by atoms with Crippen LogP contribution in [0.1, 0.15) is 26.7 Å². The lowest BCUT2D eigenvalue weighted by atomic mass is 10.1. The first kappa shape index (κ1) is 11.9. The molecule has 0 aliphatic carbocycles. The predicted octanol–water partition coefficient (Wildman–Crippen LogP) is 2.59. The van der Waals surface area contributed by atoms with Crippen molar-refractivity contribution >= 4 is 29.7 Å². The van der Waals surface area contributed by atoms with Gasteiger partial charge in [-0.05, 0) is 30.6 Å². The predicted molar refractivity (Wildman–Crippen MR) is 55.5 cm³/mol. The molecule has 1 unspecified atom stereocenters. The van der Waals surface area contributed by atoms with Gasteiger partial charge in [-0.25, -0.2) is 0 Å². The van der Waals surface area contributed by atoms with Crippen LogP contribution in [0, 0.1) is 5.92 Å². The van der Waals surface area contributed by atoms with E-state index < -0.39 is 5.69 Å².